The fraction of sp³-hybridized carbons (Fsp3) is 1.00. The summed E-state index contributed by atoms with van der Waals surface area (Å²) in [6, 6.07) is 0. The average molecular weight is 349 g/mol. The van der Waals surface area contributed by atoms with Crippen LogP contribution in [0, 0.1) is 16.7 Å². The van der Waals surface area contributed by atoms with Crippen LogP contribution in [0.1, 0.15) is 87.5 Å². The zero-order valence-corrected chi connectivity index (χ0v) is 17.4. The maximum absolute atomic E-state index is 11.8. The first kappa shape index (κ1) is 23.1. The number of hydrogen-bond acceptors (Lipinski definition) is 4. The van der Waals surface area contributed by atoms with Crippen molar-refractivity contribution in [3.05, 3.63) is 0 Å². The second-order valence-corrected chi connectivity index (χ2v) is 10.7. The molecule has 0 radical (unpaired) electrons. The summed E-state index contributed by atoms with van der Waals surface area (Å²) in [6.07, 6.45) is 4.33. The van der Waals surface area contributed by atoms with Crippen molar-refractivity contribution >= 4 is 7.82 Å². The highest BCUT2D eigenvalue weighted by atomic mass is 31.2. The van der Waals surface area contributed by atoms with E-state index in [9.17, 15) is 9.46 Å². The molecule has 0 bridgehead atoms. The third-order valence-corrected chi connectivity index (χ3v) is 4.63. The van der Waals surface area contributed by atoms with Gasteiger partial charge < -0.3 is 13.9 Å². The van der Waals surface area contributed by atoms with Crippen molar-refractivity contribution in [2.75, 3.05) is 6.61 Å². The van der Waals surface area contributed by atoms with E-state index < -0.39 is 7.82 Å². The molecule has 23 heavy (non-hydrogen) atoms. The first-order chi connectivity index (χ1) is 10.2. The van der Waals surface area contributed by atoms with E-state index in [2.05, 4.69) is 48.5 Å². The van der Waals surface area contributed by atoms with Crippen LogP contribution in [0.4, 0.5) is 0 Å². The van der Waals surface area contributed by atoms with Gasteiger partial charge in [-0.05, 0) is 42.9 Å². The summed E-state index contributed by atoms with van der Waals surface area (Å²) in [5.41, 5.74) is 0.375. The average Bonchev–Trinajstić information content (AvgIpc) is 2.21. The molecule has 0 saturated heterocycles. The minimum absolute atomic E-state index is 0.0304. The van der Waals surface area contributed by atoms with E-state index in [0.29, 0.717) is 17.8 Å². The highest BCUT2D eigenvalue weighted by molar-refractivity contribution is 7.45. The van der Waals surface area contributed by atoms with Gasteiger partial charge in [0.25, 0.3) is 7.82 Å². The van der Waals surface area contributed by atoms with Crippen molar-refractivity contribution in [2.24, 2.45) is 16.7 Å². The molecule has 5 heteroatoms. The van der Waals surface area contributed by atoms with E-state index >= 15 is 0 Å². The maximum Gasteiger partial charge on any atom is 0.268 e. The monoisotopic (exact) mass is 349 g/mol. The summed E-state index contributed by atoms with van der Waals surface area (Å²) in [7, 11) is -4.18. The molecule has 0 aliphatic carbocycles. The third kappa shape index (κ3) is 15.4. The summed E-state index contributed by atoms with van der Waals surface area (Å²) >= 11 is 0. The predicted molar refractivity (Wildman–Crippen MR) is 95.3 cm³/mol. The van der Waals surface area contributed by atoms with Crippen molar-refractivity contribution in [1.82, 2.24) is 0 Å². The lowest BCUT2D eigenvalue weighted by molar-refractivity contribution is -0.229. The SMILES string of the molecule is CC(CCCCOP(=O)([O-])OC(C)CC(C)(C)C)CC(C)(C)C. The molecule has 3 atom stereocenters. The Balaban J connectivity index is 3.92. The molecule has 0 fully saturated rings. The molecule has 0 heterocycles. The molecular weight excluding hydrogens is 311 g/mol. The molecule has 0 aliphatic rings. The maximum atomic E-state index is 11.8. The van der Waals surface area contributed by atoms with Gasteiger partial charge in [-0.3, -0.25) is 4.57 Å². The minimum Gasteiger partial charge on any atom is -0.756 e. The van der Waals surface area contributed by atoms with Crippen LogP contribution in [-0.4, -0.2) is 12.7 Å². The van der Waals surface area contributed by atoms with Crippen molar-refractivity contribution in [3.63, 3.8) is 0 Å². The standard InChI is InChI=1S/C18H39O4P/c1-15(13-17(3,4)5)11-9-10-12-21-23(19,20)22-16(2)14-18(6,7)8/h15-16H,9-14H2,1-8H3,(H,19,20)/p-1. The number of rotatable bonds is 10. The molecule has 0 aromatic carbocycles. The summed E-state index contributed by atoms with van der Waals surface area (Å²) in [5.74, 6) is 0.650. The molecular formula is C18H38O4P-. The summed E-state index contributed by atoms with van der Waals surface area (Å²) in [4.78, 5) is 11.8. The Morgan fingerprint density at radius 3 is 1.96 bits per heavy atom. The number of phosphoric ester groups is 1. The van der Waals surface area contributed by atoms with Crippen LogP contribution in [0.5, 0.6) is 0 Å². The summed E-state index contributed by atoms with van der Waals surface area (Å²) in [6.45, 7) is 17.1. The smallest absolute Gasteiger partial charge is 0.268 e. The Kier molecular flexibility index (Phi) is 9.60. The van der Waals surface area contributed by atoms with E-state index in [0.717, 1.165) is 19.3 Å². The summed E-state index contributed by atoms with van der Waals surface area (Å²) < 4.78 is 21.9. The molecule has 0 amide bonds. The van der Waals surface area contributed by atoms with Crippen LogP contribution in [-0.2, 0) is 13.6 Å². The van der Waals surface area contributed by atoms with E-state index in [1.165, 1.54) is 6.42 Å². The second-order valence-electron chi connectivity index (χ2n) is 9.33. The van der Waals surface area contributed by atoms with E-state index in [1.807, 2.05) is 0 Å². The van der Waals surface area contributed by atoms with Gasteiger partial charge >= 0.3 is 0 Å². The Bertz CT molecular complexity index is 368. The first-order valence-corrected chi connectivity index (χ1v) is 10.3. The highest BCUT2D eigenvalue weighted by Gasteiger charge is 2.20. The van der Waals surface area contributed by atoms with E-state index in [-0.39, 0.29) is 18.1 Å². The van der Waals surface area contributed by atoms with Crippen LogP contribution in [0.15, 0.2) is 0 Å². The molecule has 0 aromatic heterocycles. The zero-order chi connectivity index (χ0) is 18.3. The number of unbranched alkanes of at least 4 members (excludes halogenated alkanes) is 1. The topological polar surface area (TPSA) is 58.6 Å². The molecule has 0 spiro atoms. The molecule has 140 valence electrons. The van der Waals surface area contributed by atoms with Gasteiger partial charge in [-0.25, -0.2) is 0 Å². The van der Waals surface area contributed by atoms with Gasteiger partial charge in [0.2, 0.25) is 0 Å². The number of hydrogen-bond donors (Lipinski definition) is 0. The molecule has 0 aromatic rings. The fourth-order valence-electron chi connectivity index (χ4n) is 3.07. The Morgan fingerprint density at radius 2 is 1.48 bits per heavy atom. The fourth-order valence-corrected chi connectivity index (χ4v) is 4.00. The van der Waals surface area contributed by atoms with E-state index in [4.69, 9.17) is 9.05 Å². The Hall–Kier alpha value is 0.110. The van der Waals surface area contributed by atoms with Crippen LogP contribution in [0.3, 0.4) is 0 Å². The lowest BCUT2D eigenvalue weighted by Gasteiger charge is -2.29. The normalized spacial score (nSPS) is 18.5. The van der Waals surface area contributed by atoms with Crippen LogP contribution in [0.25, 0.3) is 0 Å². The third-order valence-electron chi connectivity index (χ3n) is 3.51. The second kappa shape index (κ2) is 9.56. The van der Waals surface area contributed by atoms with Gasteiger partial charge in [0.15, 0.2) is 0 Å². The van der Waals surface area contributed by atoms with Crippen LogP contribution in [0.2, 0.25) is 0 Å². The van der Waals surface area contributed by atoms with Crippen molar-refractivity contribution in [2.45, 2.75) is 93.6 Å². The Morgan fingerprint density at radius 1 is 0.957 bits per heavy atom. The summed E-state index contributed by atoms with van der Waals surface area (Å²) in [5, 5.41) is 0. The largest absolute Gasteiger partial charge is 0.756 e. The highest BCUT2D eigenvalue weighted by Crippen LogP contribution is 2.42. The van der Waals surface area contributed by atoms with Gasteiger partial charge in [0.05, 0.1) is 12.7 Å². The lowest BCUT2D eigenvalue weighted by atomic mass is 9.83. The minimum atomic E-state index is -4.18. The van der Waals surface area contributed by atoms with E-state index in [1.54, 1.807) is 6.92 Å². The predicted octanol–water partition coefficient (Wildman–Crippen LogP) is 5.56. The molecule has 0 saturated carbocycles. The quantitative estimate of drug-likeness (QED) is 0.383. The van der Waals surface area contributed by atoms with Crippen molar-refractivity contribution < 1.29 is 18.5 Å². The van der Waals surface area contributed by atoms with Crippen LogP contribution < -0.4 is 4.89 Å². The molecule has 3 unspecified atom stereocenters. The Labute approximate surface area is 144 Å². The van der Waals surface area contributed by atoms with Crippen LogP contribution >= 0.6 is 7.82 Å². The van der Waals surface area contributed by atoms with Crippen molar-refractivity contribution in [1.29, 1.82) is 0 Å². The molecule has 0 aliphatic heterocycles. The lowest BCUT2D eigenvalue weighted by Crippen LogP contribution is -2.20. The molecule has 0 rings (SSSR count). The van der Waals surface area contributed by atoms with Gasteiger partial charge in [-0.2, -0.15) is 0 Å². The molecule has 4 nitrogen and oxygen atoms in total. The zero-order valence-electron chi connectivity index (χ0n) is 16.5. The number of phosphoric acid groups is 1. The van der Waals surface area contributed by atoms with Gasteiger partial charge in [0, 0.05) is 0 Å². The first-order valence-electron chi connectivity index (χ1n) is 8.84. The molecule has 0 N–H and O–H groups in total. The van der Waals surface area contributed by atoms with Crippen molar-refractivity contribution in [3.8, 4) is 0 Å². The van der Waals surface area contributed by atoms with Gasteiger partial charge in [-0.1, -0.05) is 61.3 Å². The van der Waals surface area contributed by atoms with Gasteiger partial charge in [-0.15, -0.1) is 0 Å². The van der Waals surface area contributed by atoms with Gasteiger partial charge in [0.1, 0.15) is 0 Å².